The third-order valence-electron chi connectivity index (χ3n) is 2.05. The van der Waals surface area contributed by atoms with Gasteiger partial charge in [-0.1, -0.05) is 6.92 Å². The van der Waals surface area contributed by atoms with E-state index in [0.717, 1.165) is 35.7 Å². The van der Waals surface area contributed by atoms with Crippen molar-refractivity contribution in [2.45, 2.75) is 33.6 Å². The predicted molar refractivity (Wildman–Crippen MR) is 53.3 cm³/mol. The summed E-state index contributed by atoms with van der Waals surface area (Å²) in [5.74, 6) is 6.94. The molecule has 0 amide bonds. The van der Waals surface area contributed by atoms with E-state index in [1.54, 1.807) is 0 Å². The molecule has 0 aliphatic heterocycles. The van der Waals surface area contributed by atoms with Gasteiger partial charge in [0.25, 0.3) is 0 Å². The number of hydrogen-bond donors (Lipinski definition) is 2. The van der Waals surface area contributed by atoms with Crippen molar-refractivity contribution in [2.24, 2.45) is 5.84 Å². The molecule has 1 aromatic heterocycles. The molecule has 1 rings (SSSR count). The highest BCUT2D eigenvalue weighted by Crippen LogP contribution is 2.13. The van der Waals surface area contributed by atoms with Crippen LogP contribution in [0.25, 0.3) is 0 Å². The second-order valence-corrected chi connectivity index (χ2v) is 3.09. The Bertz CT molecular complexity index is 296. The number of aromatic nitrogens is 2. The number of nitrogens with one attached hydrogen (secondary N) is 1. The maximum absolute atomic E-state index is 5.34. The molecular weight excluding hydrogens is 164 g/mol. The smallest absolute Gasteiger partial charge is 0.146 e. The first-order valence-corrected chi connectivity index (χ1v) is 4.49. The summed E-state index contributed by atoms with van der Waals surface area (Å²) >= 11 is 0. The number of nitrogen functional groups attached to an aromatic ring is 1. The van der Waals surface area contributed by atoms with Gasteiger partial charge < -0.3 is 5.43 Å². The summed E-state index contributed by atoms with van der Waals surface area (Å²) in [6, 6.07) is 0. The fourth-order valence-corrected chi connectivity index (χ4v) is 1.16. The SMILES string of the molecule is CCCc1nc(C)c(C)c(NN)n1. The molecule has 0 aliphatic rings. The van der Waals surface area contributed by atoms with Crippen LogP contribution in [0.4, 0.5) is 5.82 Å². The van der Waals surface area contributed by atoms with Crippen molar-refractivity contribution in [3.8, 4) is 0 Å². The van der Waals surface area contributed by atoms with E-state index >= 15 is 0 Å². The first kappa shape index (κ1) is 9.92. The van der Waals surface area contributed by atoms with Gasteiger partial charge >= 0.3 is 0 Å². The highest BCUT2D eigenvalue weighted by atomic mass is 15.3. The summed E-state index contributed by atoms with van der Waals surface area (Å²) in [6.07, 6.45) is 1.95. The number of nitrogens with two attached hydrogens (primary N) is 1. The van der Waals surface area contributed by atoms with Crippen molar-refractivity contribution in [2.75, 3.05) is 5.43 Å². The van der Waals surface area contributed by atoms with E-state index in [2.05, 4.69) is 22.3 Å². The fraction of sp³-hybridized carbons (Fsp3) is 0.556. The lowest BCUT2D eigenvalue weighted by Gasteiger charge is -2.08. The van der Waals surface area contributed by atoms with Crippen LogP contribution in [0.5, 0.6) is 0 Å². The van der Waals surface area contributed by atoms with E-state index in [4.69, 9.17) is 5.84 Å². The zero-order valence-corrected chi connectivity index (χ0v) is 8.39. The van der Waals surface area contributed by atoms with Gasteiger partial charge in [0, 0.05) is 17.7 Å². The van der Waals surface area contributed by atoms with Gasteiger partial charge in [-0.15, -0.1) is 0 Å². The predicted octanol–water partition coefficient (Wildman–Crippen LogP) is 1.33. The normalized spacial score (nSPS) is 10.2. The monoisotopic (exact) mass is 180 g/mol. The molecule has 0 unspecified atom stereocenters. The van der Waals surface area contributed by atoms with E-state index in [-0.39, 0.29) is 0 Å². The lowest BCUT2D eigenvalue weighted by molar-refractivity contribution is 0.820. The molecule has 0 aromatic carbocycles. The van der Waals surface area contributed by atoms with Gasteiger partial charge in [0.2, 0.25) is 0 Å². The van der Waals surface area contributed by atoms with Crippen LogP contribution in [0.1, 0.15) is 30.4 Å². The van der Waals surface area contributed by atoms with E-state index in [1.165, 1.54) is 0 Å². The lowest BCUT2D eigenvalue weighted by Crippen LogP contribution is -2.13. The van der Waals surface area contributed by atoms with Crippen LogP contribution in [0.3, 0.4) is 0 Å². The van der Waals surface area contributed by atoms with E-state index in [9.17, 15) is 0 Å². The van der Waals surface area contributed by atoms with Gasteiger partial charge in [-0.25, -0.2) is 15.8 Å². The average molecular weight is 180 g/mol. The number of nitrogens with zero attached hydrogens (tertiary/aromatic N) is 2. The molecule has 0 aliphatic carbocycles. The molecule has 1 heterocycles. The summed E-state index contributed by atoms with van der Waals surface area (Å²) in [7, 11) is 0. The molecule has 4 nitrogen and oxygen atoms in total. The number of anilines is 1. The second-order valence-electron chi connectivity index (χ2n) is 3.09. The highest BCUT2D eigenvalue weighted by molar-refractivity contribution is 5.44. The van der Waals surface area contributed by atoms with Crippen LogP contribution in [-0.2, 0) is 6.42 Å². The molecule has 72 valence electrons. The van der Waals surface area contributed by atoms with Gasteiger partial charge in [0.05, 0.1) is 0 Å². The Hall–Kier alpha value is -1.16. The van der Waals surface area contributed by atoms with E-state index in [1.807, 2.05) is 13.8 Å². The Morgan fingerprint density at radius 2 is 2.00 bits per heavy atom. The maximum atomic E-state index is 5.34. The molecule has 0 radical (unpaired) electrons. The van der Waals surface area contributed by atoms with Crippen LogP contribution >= 0.6 is 0 Å². The van der Waals surface area contributed by atoms with Gasteiger partial charge in [0.1, 0.15) is 11.6 Å². The van der Waals surface area contributed by atoms with Crippen LogP contribution in [0.15, 0.2) is 0 Å². The summed E-state index contributed by atoms with van der Waals surface area (Å²) < 4.78 is 0. The molecule has 1 aromatic rings. The van der Waals surface area contributed by atoms with Crippen LogP contribution in [-0.4, -0.2) is 9.97 Å². The molecule has 0 atom stereocenters. The van der Waals surface area contributed by atoms with Crippen molar-refractivity contribution in [3.05, 3.63) is 17.1 Å². The molecule has 0 bridgehead atoms. The molecule has 0 saturated carbocycles. The molecule has 4 heteroatoms. The molecule has 3 N–H and O–H groups in total. The van der Waals surface area contributed by atoms with Crippen molar-refractivity contribution in [1.29, 1.82) is 0 Å². The van der Waals surface area contributed by atoms with Gasteiger partial charge in [-0.3, -0.25) is 0 Å². The first-order chi connectivity index (χ1) is 6.19. The van der Waals surface area contributed by atoms with Crippen molar-refractivity contribution < 1.29 is 0 Å². The Kier molecular flexibility index (Phi) is 3.19. The van der Waals surface area contributed by atoms with E-state index in [0.29, 0.717) is 0 Å². The van der Waals surface area contributed by atoms with Crippen LogP contribution < -0.4 is 11.3 Å². The van der Waals surface area contributed by atoms with Gasteiger partial charge in [-0.2, -0.15) is 0 Å². The molecular formula is C9H16N4. The van der Waals surface area contributed by atoms with Crippen LogP contribution in [0, 0.1) is 13.8 Å². The topological polar surface area (TPSA) is 63.8 Å². The third kappa shape index (κ3) is 2.15. The quantitative estimate of drug-likeness (QED) is 0.544. The molecule has 0 saturated heterocycles. The maximum Gasteiger partial charge on any atom is 0.146 e. The minimum Gasteiger partial charge on any atom is -0.308 e. The highest BCUT2D eigenvalue weighted by Gasteiger charge is 2.05. The second kappa shape index (κ2) is 4.18. The standard InChI is InChI=1S/C9H16N4/c1-4-5-8-11-7(3)6(2)9(12-8)13-10/h4-5,10H2,1-3H3,(H,11,12,13). The average Bonchev–Trinajstić information content (AvgIpc) is 2.11. The van der Waals surface area contributed by atoms with Crippen LogP contribution in [0.2, 0.25) is 0 Å². The van der Waals surface area contributed by atoms with Gasteiger partial charge in [-0.05, 0) is 20.3 Å². The third-order valence-corrected chi connectivity index (χ3v) is 2.05. The molecule has 0 spiro atoms. The number of hydrogen-bond acceptors (Lipinski definition) is 4. The largest absolute Gasteiger partial charge is 0.308 e. The minimum atomic E-state index is 0.732. The summed E-state index contributed by atoms with van der Waals surface area (Å²) in [5.41, 5.74) is 4.59. The summed E-state index contributed by atoms with van der Waals surface area (Å²) in [6.45, 7) is 6.03. The Morgan fingerprint density at radius 1 is 1.31 bits per heavy atom. The van der Waals surface area contributed by atoms with Crippen molar-refractivity contribution in [3.63, 3.8) is 0 Å². The molecule has 13 heavy (non-hydrogen) atoms. The Morgan fingerprint density at radius 3 is 2.54 bits per heavy atom. The number of hydrazine groups is 1. The summed E-state index contributed by atoms with van der Waals surface area (Å²) in [5, 5.41) is 0. The zero-order chi connectivity index (χ0) is 9.84. The van der Waals surface area contributed by atoms with E-state index < -0.39 is 0 Å². The number of rotatable bonds is 3. The molecule has 0 fully saturated rings. The number of aryl methyl sites for hydroxylation is 2. The summed E-state index contributed by atoms with van der Waals surface area (Å²) in [4.78, 5) is 8.66. The zero-order valence-electron chi connectivity index (χ0n) is 8.39. The minimum absolute atomic E-state index is 0.732. The van der Waals surface area contributed by atoms with Gasteiger partial charge in [0.15, 0.2) is 0 Å². The first-order valence-electron chi connectivity index (χ1n) is 4.49. The van der Waals surface area contributed by atoms with Crippen molar-refractivity contribution in [1.82, 2.24) is 9.97 Å². The lowest BCUT2D eigenvalue weighted by atomic mass is 10.2. The fourth-order valence-electron chi connectivity index (χ4n) is 1.16. The Balaban J connectivity index is 3.06. The Labute approximate surface area is 78.6 Å². The van der Waals surface area contributed by atoms with Crippen molar-refractivity contribution >= 4 is 5.82 Å².